The lowest BCUT2D eigenvalue weighted by Crippen LogP contribution is -2.31. The molecule has 0 aliphatic carbocycles. The molecular formula is C18H21N3O5. The number of amides is 2. The fourth-order valence-electron chi connectivity index (χ4n) is 3.36. The molecule has 0 saturated carbocycles. The number of anilines is 2. The van der Waals surface area contributed by atoms with Crippen LogP contribution < -0.4 is 10.2 Å². The zero-order chi connectivity index (χ0) is 18.8. The number of esters is 1. The molecule has 0 saturated heterocycles. The molecule has 0 aromatic heterocycles. The summed E-state index contributed by atoms with van der Waals surface area (Å²) in [5.41, 5.74) is 2.64. The van der Waals surface area contributed by atoms with Crippen LogP contribution in [0.15, 0.2) is 29.5 Å². The fourth-order valence-corrected chi connectivity index (χ4v) is 3.36. The van der Waals surface area contributed by atoms with Crippen molar-refractivity contribution in [1.29, 1.82) is 0 Å². The number of hydrogen-bond donors (Lipinski definition) is 2. The van der Waals surface area contributed by atoms with E-state index in [1.165, 1.54) is 18.9 Å². The Bertz CT molecular complexity index is 802. The van der Waals surface area contributed by atoms with Crippen molar-refractivity contribution in [2.75, 3.05) is 43.6 Å². The average Bonchev–Trinajstić information content (AvgIpc) is 3.19. The monoisotopic (exact) mass is 359 g/mol. The van der Waals surface area contributed by atoms with Gasteiger partial charge in [0.15, 0.2) is 0 Å². The van der Waals surface area contributed by atoms with Crippen molar-refractivity contribution in [3.05, 3.63) is 35.0 Å². The first-order valence-corrected chi connectivity index (χ1v) is 8.36. The molecule has 1 aromatic carbocycles. The number of nitrogens with one attached hydrogen (secondary N) is 1. The normalized spacial score (nSPS) is 16.2. The number of carbonyl (C=O) groups excluding carboxylic acids is 3. The van der Waals surface area contributed by atoms with Crippen molar-refractivity contribution in [3.63, 3.8) is 0 Å². The van der Waals surface area contributed by atoms with Crippen LogP contribution in [0.2, 0.25) is 0 Å². The molecule has 0 fully saturated rings. The summed E-state index contributed by atoms with van der Waals surface area (Å²) in [6.45, 7) is 2.06. The lowest BCUT2D eigenvalue weighted by molar-refractivity contribution is -0.136. The molecule has 0 bridgehead atoms. The predicted molar refractivity (Wildman–Crippen MR) is 94.5 cm³/mol. The van der Waals surface area contributed by atoms with E-state index >= 15 is 0 Å². The second kappa shape index (κ2) is 7.17. The summed E-state index contributed by atoms with van der Waals surface area (Å²) in [7, 11) is 1.25. The molecule has 3 rings (SSSR count). The fraction of sp³-hybridized carbons (Fsp3) is 0.389. The number of benzene rings is 1. The number of nitrogens with zero attached hydrogens (tertiary/aromatic N) is 2. The maximum atomic E-state index is 12.7. The van der Waals surface area contributed by atoms with Crippen LogP contribution in [0.4, 0.5) is 11.4 Å². The van der Waals surface area contributed by atoms with Gasteiger partial charge >= 0.3 is 5.97 Å². The van der Waals surface area contributed by atoms with Gasteiger partial charge in [-0.1, -0.05) is 12.1 Å². The molecule has 2 aliphatic heterocycles. The number of methoxy groups -OCH3 is 1. The molecule has 2 N–H and O–H groups in total. The quantitative estimate of drug-likeness (QED) is 0.732. The maximum Gasteiger partial charge on any atom is 0.337 e. The van der Waals surface area contributed by atoms with E-state index in [1.54, 1.807) is 11.0 Å². The number of carbonyl (C=O) groups is 3. The minimum Gasteiger partial charge on any atom is -0.466 e. The van der Waals surface area contributed by atoms with E-state index in [0.717, 1.165) is 17.7 Å². The van der Waals surface area contributed by atoms with Crippen molar-refractivity contribution >= 4 is 29.2 Å². The summed E-state index contributed by atoms with van der Waals surface area (Å²) >= 11 is 0. The van der Waals surface area contributed by atoms with Gasteiger partial charge in [-0.3, -0.25) is 9.59 Å². The zero-order valence-corrected chi connectivity index (χ0v) is 14.7. The van der Waals surface area contributed by atoms with E-state index < -0.39 is 5.97 Å². The molecule has 8 nitrogen and oxygen atoms in total. The highest BCUT2D eigenvalue weighted by atomic mass is 16.5. The summed E-state index contributed by atoms with van der Waals surface area (Å²) in [4.78, 5) is 39.7. The number of fused-ring (bicyclic) bond motifs is 1. The Morgan fingerprint density at radius 3 is 2.77 bits per heavy atom. The van der Waals surface area contributed by atoms with Crippen LogP contribution in [0.25, 0.3) is 0 Å². The van der Waals surface area contributed by atoms with E-state index in [-0.39, 0.29) is 42.8 Å². The van der Waals surface area contributed by atoms with Crippen LogP contribution in [-0.4, -0.2) is 61.1 Å². The molecular weight excluding hydrogens is 338 g/mol. The molecule has 0 unspecified atom stereocenters. The summed E-state index contributed by atoms with van der Waals surface area (Å²) in [6, 6.07) is 5.55. The van der Waals surface area contributed by atoms with E-state index in [2.05, 4.69) is 5.32 Å². The number of hydrogen-bond acceptors (Lipinski definition) is 6. The van der Waals surface area contributed by atoms with Gasteiger partial charge in [-0.2, -0.15) is 0 Å². The van der Waals surface area contributed by atoms with Gasteiger partial charge in [0.1, 0.15) is 5.70 Å². The first-order chi connectivity index (χ1) is 12.5. The van der Waals surface area contributed by atoms with Crippen LogP contribution in [0.1, 0.15) is 12.5 Å². The van der Waals surface area contributed by atoms with Crippen LogP contribution in [-0.2, 0) is 25.5 Å². The van der Waals surface area contributed by atoms with Crippen LogP contribution in [0.5, 0.6) is 0 Å². The van der Waals surface area contributed by atoms with Crippen LogP contribution in [0.3, 0.4) is 0 Å². The third kappa shape index (κ3) is 3.03. The molecule has 0 atom stereocenters. The minimum absolute atomic E-state index is 0.0693. The van der Waals surface area contributed by atoms with Crippen molar-refractivity contribution < 1.29 is 24.2 Å². The lowest BCUT2D eigenvalue weighted by Gasteiger charge is -2.20. The SMILES string of the molecule is COC(=O)C1=C(Nc2cccc3c2N(C(C)=O)CC3)C(=O)N(CCO)C1. The molecule has 1 aromatic rings. The largest absolute Gasteiger partial charge is 0.466 e. The summed E-state index contributed by atoms with van der Waals surface area (Å²) in [5.74, 6) is -1.07. The van der Waals surface area contributed by atoms with E-state index in [0.29, 0.717) is 12.2 Å². The topological polar surface area (TPSA) is 99.2 Å². The van der Waals surface area contributed by atoms with Crippen molar-refractivity contribution in [1.82, 2.24) is 4.90 Å². The Morgan fingerprint density at radius 2 is 2.12 bits per heavy atom. The Balaban J connectivity index is 1.99. The number of aliphatic hydroxyl groups excluding tert-OH is 1. The van der Waals surface area contributed by atoms with Crippen molar-refractivity contribution in [3.8, 4) is 0 Å². The minimum atomic E-state index is -0.600. The first kappa shape index (κ1) is 17.9. The van der Waals surface area contributed by atoms with E-state index in [1.807, 2.05) is 12.1 Å². The first-order valence-electron chi connectivity index (χ1n) is 8.36. The molecule has 138 valence electrons. The Kier molecular flexibility index (Phi) is 4.94. The molecule has 2 aliphatic rings. The Hall–Kier alpha value is -2.87. The standard InChI is InChI=1S/C18H21N3O5/c1-11(23)21-7-6-12-4-3-5-14(16(12)21)19-15-13(18(25)26-2)10-20(8-9-22)17(15)24/h3-5,19,22H,6-10H2,1-2H3. The van der Waals surface area contributed by atoms with Gasteiger partial charge in [-0.15, -0.1) is 0 Å². The molecule has 8 heteroatoms. The average molecular weight is 359 g/mol. The van der Waals surface area contributed by atoms with Gasteiger partial charge in [-0.05, 0) is 18.1 Å². The highest BCUT2D eigenvalue weighted by Crippen LogP contribution is 2.37. The molecule has 0 spiro atoms. The highest BCUT2D eigenvalue weighted by Gasteiger charge is 2.35. The zero-order valence-electron chi connectivity index (χ0n) is 14.7. The second-order valence-corrected chi connectivity index (χ2v) is 6.15. The smallest absolute Gasteiger partial charge is 0.337 e. The van der Waals surface area contributed by atoms with Crippen molar-refractivity contribution in [2.24, 2.45) is 0 Å². The molecule has 26 heavy (non-hydrogen) atoms. The van der Waals surface area contributed by atoms with Gasteiger partial charge in [0.25, 0.3) is 5.91 Å². The van der Waals surface area contributed by atoms with E-state index in [9.17, 15) is 14.4 Å². The van der Waals surface area contributed by atoms with Crippen LogP contribution in [0, 0.1) is 0 Å². The van der Waals surface area contributed by atoms with Crippen molar-refractivity contribution in [2.45, 2.75) is 13.3 Å². The number of rotatable bonds is 5. The van der Waals surface area contributed by atoms with Crippen LogP contribution >= 0.6 is 0 Å². The van der Waals surface area contributed by atoms with E-state index in [4.69, 9.17) is 9.84 Å². The Morgan fingerprint density at radius 1 is 1.35 bits per heavy atom. The summed E-state index contributed by atoms with van der Waals surface area (Å²) in [5, 5.41) is 12.2. The molecule has 2 heterocycles. The molecule has 0 radical (unpaired) electrons. The third-order valence-corrected chi connectivity index (χ3v) is 4.59. The van der Waals surface area contributed by atoms with Gasteiger partial charge in [-0.25, -0.2) is 4.79 Å². The summed E-state index contributed by atoms with van der Waals surface area (Å²) in [6.07, 6.45) is 0.734. The number of β-amino-alcohol motifs (C(OH)–C–C–N with tert-alkyl or cyclic N) is 1. The van der Waals surface area contributed by atoms with Gasteiger partial charge in [0.2, 0.25) is 5.91 Å². The second-order valence-electron chi connectivity index (χ2n) is 6.15. The highest BCUT2D eigenvalue weighted by molar-refractivity contribution is 6.09. The number of ether oxygens (including phenoxy) is 1. The number of para-hydroxylation sites is 1. The maximum absolute atomic E-state index is 12.7. The van der Waals surface area contributed by atoms with Gasteiger partial charge in [0.05, 0.1) is 37.2 Å². The van der Waals surface area contributed by atoms with Gasteiger partial charge < -0.3 is 25.0 Å². The molecule has 2 amide bonds. The number of aliphatic hydroxyl groups is 1. The van der Waals surface area contributed by atoms with Gasteiger partial charge in [0, 0.05) is 20.0 Å². The predicted octanol–water partition coefficient (Wildman–Crippen LogP) is 0.269. The lowest BCUT2D eigenvalue weighted by atomic mass is 10.1. The Labute approximate surface area is 151 Å². The third-order valence-electron chi connectivity index (χ3n) is 4.59. The summed E-state index contributed by atoms with van der Waals surface area (Å²) < 4.78 is 4.79.